The molecule has 12 heteroatoms. The maximum Gasteiger partial charge on any atom is 0.412 e. The summed E-state index contributed by atoms with van der Waals surface area (Å²) in [6.45, 7) is 11.0. The molecule has 1 aromatic rings. The molecule has 0 radical (unpaired) electrons. The van der Waals surface area contributed by atoms with E-state index in [1.165, 1.54) is 88.5 Å². The summed E-state index contributed by atoms with van der Waals surface area (Å²) in [5, 5.41) is 17.2. The van der Waals surface area contributed by atoms with E-state index >= 15 is 0 Å². The summed E-state index contributed by atoms with van der Waals surface area (Å²) >= 11 is 0. The minimum absolute atomic E-state index is 0.0653. The summed E-state index contributed by atoms with van der Waals surface area (Å²) in [5.74, 6) is -2.18. The van der Waals surface area contributed by atoms with E-state index in [0.717, 1.165) is 39.0 Å². The first-order chi connectivity index (χ1) is 22.2. The monoisotopic (exact) mass is 648 g/mol. The lowest BCUT2D eigenvalue weighted by Crippen LogP contribution is -2.46. The molecule has 260 valence electrons. The molecule has 0 bridgehead atoms. The minimum atomic E-state index is -1.22. The molecule has 2 N–H and O–H groups in total. The van der Waals surface area contributed by atoms with Gasteiger partial charge in [0.05, 0.1) is 4.92 Å². The number of rotatable bonds is 21. The van der Waals surface area contributed by atoms with Crippen molar-refractivity contribution < 1.29 is 33.4 Å². The highest BCUT2D eigenvalue weighted by Crippen LogP contribution is 2.46. The second-order valence-electron chi connectivity index (χ2n) is 13.3. The van der Waals surface area contributed by atoms with Gasteiger partial charge in [0, 0.05) is 44.1 Å². The number of amides is 1. The highest BCUT2D eigenvalue weighted by Gasteiger charge is 2.66. The van der Waals surface area contributed by atoms with Gasteiger partial charge in [-0.3, -0.25) is 15.4 Å². The molecular weight excluding hydrogens is 592 g/mol. The summed E-state index contributed by atoms with van der Waals surface area (Å²) in [6, 6.07) is 5.58. The molecule has 3 heterocycles. The number of nitro groups is 1. The predicted molar refractivity (Wildman–Crippen MR) is 176 cm³/mol. The van der Waals surface area contributed by atoms with Gasteiger partial charge >= 0.3 is 6.09 Å². The van der Waals surface area contributed by atoms with Crippen molar-refractivity contribution in [2.45, 2.75) is 128 Å². The van der Waals surface area contributed by atoms with Crippen molar-refractivity contribution in [3.05, 3.63) is 34.4 Å². The summed E-state index contributed by atoms with van der Waals surface area (Å²) in [4.78, 5) is 26.0. The number of hydrogen-bond donors (Lipinski definition) is 2. The number of likely N-dealkylation sites (tertiary alicyclic amines) is 1. The fourth-order valence-electron chi connectivity index (χ4n) is 6.59. The lowest BCUT2D eigenvalue weighted by molar-refractivity contribution is -0.384. The Labute approximate surface area is 274 Å². The summed E-state index contributed by atoms with van der Waals surface area (Å²) in [6.07, 6.45) is 12.2. The molecule has 0 saturated carbocycles. The maximum atomic E-state index is 13.1. The van der Waals surface area contributed by atoms with Crippen LogP contribution in [0.2, 0.25) is 0 Å². The van der Waals surface area contributed by atoms with Gasteiger partial charge in [0.25, 0.3) is 5.69 Å². The molecule has 4 rings (SSSR count). The number of ether oxygens (including phenoxy) is 5. The van der Waals surface area contributed by atoms with Gasteiger partial charge in [0.15, 0.2) is 18.0 Å². The second-order valence-corrected chi connectivity index (χ2v) is 13.3. The van der Waals surface area contributed by atoms with Crippen molar-refractivity contribution in [1.29, 1.82) is 0 Å². The molecule has 46 heavy (non-hydrogen) atoms. The van der Waals surface area contributed by atoms with Crippen LogP contribution in [0.15, 0.2) is 24.3 Å². The largest absolute Gasteiger partial charge is 0.440 e. The van der Waals surface area contributed by atoms with E-state index in [1.807, 2.05) is 13.8 Å². The Bertz CT molecular complexity index is 1070. The van der Waals surface area contributed by atoms with E-state index in [-0.39, 0.29) is 12.3 Å². The van der Waals surface area contributed by atoms with Crippen molar-refractivity contribution in [3.63, 3.8) is 0 Å². The molecule has 1 aromatic carbocycles. The van der Waals surface area contributed by atoms with Crippen LogP contribution in [-0.4, -0.2) is 91.7 Å². The summed E-state index contributed by atoms with van der Waals surface area (Å²) < 4.78 is 31.3. The number of non-ortho nitro benzene ring substituents is 1. The second kappa shape index (κ2) is 18.3. The van der Waals surface area contributed by atoms with Crippen molar-refractivity contribution in [3.8, 4) is 0 Å². The van der Waals surface area contributed by atoms with Crippen molar-refractivity contribution in [1.82, 2.24) is 10.2 Å². The quantitative estimate of drug-likeness (QED) is 0.0879. The maximum absolute atomic E-state index is 13.1. The Balaban J connectivity index is 1.31. The van der Waals surface area contributed by atoms with E-state index < -0.39 is 40.9 Å². The van der Waals surface area contributed by atoms with Gasteiger partial charge in [-0.25, -0.2) is 4.79 Å². The van der Waals surface area contributed by atoms with Crippen molar-refractivity contribution >= 4 is 17.5 Å². The smallest absolute Gasteiger partial charge is 0.412 e. The van der Waals surface area contributed by atoms with E-state index in [9.17, 15) is 14.9 Å². The standard InChI is InChI=1S/C34H56N4O8/c1-4-5-6-7-8-9-10-11-12-15-24-42-26-34-31(45-33(2,3)46-34)30(29(44-34)25-35-20-23-37-21-13-14-22-37)43-32(39)36-27-16-18-28(19-17-27)38(40)41/h16-19,29-31,35H,4-15,20-26H2,1-3H3,(H,36,39)/t29-,30+,31-,34-/m0/s1. The molecule has 12 nitrogen and oxygen atoms in total. The number of nitro benzene ring substituents is 1. The van der Waals surface area contributed by atoms with Crippen molar-refractivity contribution in [2.24, 2.45) is 0 Å². The van der Waals surface area contributed by atoms with Crippen LogP contribution in [0.4, 0.5) is 16.2 Å². The number of fused-ring (bicyclic) bond motifs is 1. The lowest BCUT2D eigenvalue weighted by atomic mass is 10.1. The average Bonchev–Trinajstić information content (AvgIpc) is 3.70. The van der Waals surface area contributed by atoms with Gasteiger partial charge in [-0.05, 0) is 58.3 Å². The van der Waals surface area contributed by atoms with Gasteiger partial charge in [-0.2, -0.15) is 0 Å². The zero-order valence-corrected chi connectivity index (χ0v) is 28.1. The zero-order valence-electron chi connectivity index (χ0n) is 28.1. The molecule has 0 aliphatic carbocycles. The van der Waals surface area contributed by atoms with E-state index in [1.54, 1.807) is 0 Å². The minimum Gasteiger partial charge on any atom is -0.440 e. The number of carbonyl (C=O) groups excluding carboxylic acids is 1. The third-order valence-electron chi connectivity index (χ3n) is 8.94. The number of anilines is 1. The number of nitrogens with zero attached hydrogens (tertiary/aromatic N) is 2. The first-order valence-electron chi connectivity index (χ1n) is 17.5. The summed E-state index contributed by atoms with van der Waals surface area (Å²) in [7, 11) is 0. The Kier molecular flexibility index (Phi) is 14.5. The Morgan fingerprint density at radius 1 is 1.00 bits per heavy atom. The van der Waals surface area contributed by atoms with Crippen LogP contribution in [-0.2, 0) is 23.7 Å². The molecule has 4 atom stereocenters. The van der Waals surface area contributed by atoms with Crippen LogP contribution >= 0.6 is 0 Å². The van der Waals surface area contributed by atoms with Crippen LogP contribution in [0.25, 0.3) is 0 Å². The van der Waals surface area contributed by atoms with Crippen LogP contribution in [0.1, 0.15) is 97.8 Å². The van der Waals surface area contributed by atoms with Gasteiger partial charge in [0.1, 0.15) is 12.7 Å². The normalized spacial score (nSPS) is 25.5. The molecule has 3 saturated heterocycles. The SMILES string of the molecule is CCCCCCCCCCCCOC[C@@]12O[C@@H](CNCCN3CCCC3)[C@@H](OC(=O)Nc3ccc([N+](=O)[O-])cc3)[C@@H]1OC(C)(C)O2. The first-order valence-corrected chi connectivity index (χ1v) is 17.5. The van der Waals surface area contributed by atoms with Gasteiger partial charge in [0.2, 0.25) is 5.79 Å². The topological polar surface area (TPSA) is 134 Å². The van der Waals surface area contributed by atoms with E-state index in [4.69, 9.17) is 23.7 Å². The number of hydrogen-bond acceptors (Lipinski definition) is 10. The average molecular weight is 649 g/mol. The Morgan fingerprint density at radius 2 is 1.65 bits per heavy atom. The zero-order chi connectivity index (χ0) is 32.8. The Hall–Kier alpha value is -2.35. The van der Waals surface area contributed by atoms with E-state index in [0.29, 0.717) is 18.8 Å². The molecule has 0 aromatic heterocycles. The number of benzene rings is 1. The third kappa shape index (κ3) is 11.1. The van der Waals surface area contributed by atoms with Gasteiger partial charge in [-0.1, -0.05) is 64.7 Å². The molecule has 0 unspecified atom stereocenters. The predicted octanol–water partition coefficient (Wildman–Crippen LogP) is 6.38. The third-order valence-corrected chi connectivity index (χ3v) is 8.94. The summed E-state index contributed by atoms with van der Waals surface area (Å²) in [5.41, 5.74) is 0.314. The Morgan fingerprint density at radius 3 is 2.30 bits per heavy atom. The molecule has 3 fully saturated rings. The number of nitrogens with one attached hydrogen (secondary N) is 2. The highest BCUT2D eigenvalue weighted by atomic mass is 16.9. The fourth-order valence-corrected chi connectivity index (χ4v) is 6.59. The van der Waals surface area contributed by atoms with Gasteiger partial charge in [-0.15, -0.1) is 0 Å². The van der Waals surface area contributed by atoms with Gasteiger partial charge < -0.3 is 33.9 Å². The molecule has 1 amide bonds. The fraction of sp³-hybridized carbons (Fsp3) is 0.794. The van der Waals surface area contributed by atoms with Crippen LogP contribution in [0, 0.1) is 10.1 Å². The molecule has 3 aliphatic rings. The van der Waals surface area contributed by atoms with Crippen molar-refractivity contribution in [2.75, 3.05) is 51.3 Å². The van der Waals surface area contributed by atoms with Crippen LogP contribution in [0.3, 0.4) is 0 Å². The highest BCUT2D eigenvalue weighted by molar-refractivity contribution is 5.84. The number of carbonyl (C=O) groups is 1. The van der Waals surface area contributed by atoms with E-state index in [2.05, 4.69) is 22.5 Å². The molecule has 0 spiro atoms. The molecule has 3 aliphatic heterocycles. The van der Waals surface area contributed by atoms with Crippen LogP contribution in [0.5, 0.6) is 0 Å². The number of unbranched alkanes of at least 4 members (excludes halogenated alkanes) is 9. The lowest BCUT2D eigenvalue weighted by Gasteiger charge is -2.29. The molecular formula is C34H56N4O8. The first kappa shape index (κ1) is 36.5. The van der Waals surface area contributed by atoms with Crippen LogP contribution < -0.4 is 10.6 Å².